The maximum absolute atomic E-state index is 13.3. The minimum atomic E-state index is -0.280. The number of carbonyl (C=O) groups is 1. The van der Waals surface area contributed by atoms with E-state index in [9.17, 15) is 9.18 Å². The van der Waals surface area contributed by atoms with Gasteiger partial charge < -0.3 is 25.3 Å². The lowest BCUT2D eigenvalue weighted by molar-refractivity contribution is -0.122. The number of halogens is 1. The highest BCUT2D eigenvalue weighted by atomic mass is 19.1. The lowest BCUT2D eigenvalue weighted by Gasteiger charge is -2.24. The highest BCUT2D eigenvalue weighted by molar-refractivity contribution is 5.82. The van der Waals surface area contributed by atoms with Crippen molar-refractivity contribution in [1.29, 1.82) is 0 Å². The highest BCUT2D eigenvalue weighted by Gasteiger charge is 2.25. The van der Waals surface area contributed by atoms with Crippen LogP contribution in [0, 0.1) is 5.82 Å². The van der Waals surface area contributed by atoms with Crippen LogP contribution in [-0.2, 0) is 9.53 Å². The SMILES string of the molecule is O=C1CCC(Nc2cc3c(cn2)nc(Nc2ccc(F)cc2)n3[C@H]2CCOC2)CN1. The van der Waals surface area contributed by atoms with E-state index in [-0.39, 0.29) is 23.8 Å². The molecule has 5 rings (SSSR count). The van der Waals surface area contributed by atoms with E-state index in [1.54, 1.807) is 18.3 Å². The standard InChI is InChI=1S/C21H23FN6O2/c22-13-1-3-14(4-2-13)26-21-27-17-11-23-19(25-15-5-6-20(29)24-10-15)9-18(17)28(21)16-7-8-30-12-16/h1-4,9,11,15-16H,5-8,10,12H2,(H,23,25)(H,24,29)(H,26,27)/t15?,16-/m0/s1. The quantitative estimate of drug-likeness (QED) is 0.599. The summed E-state index contributed by atoms with van der Waals surface area (Å²) in [4.78, 5) is 20.6. The van der Waals surface area contributed by atoms with Crippen molar-refractivity contribution in [2.24, 2.45) is 0 Å². The summed E-state index contributed by atoms with van der Waals surface area (Å²) in [6.07, 6.45) is 3.94. The molecule has 30 heavy (non-hydrogen) atoms. The maximum Gasteiger partial charge on any atom is 0.220 e. The van der Waals surface area contributed by atoms with Gasteiger partial charge in [-0.1, -0.05) is 0 Å². The third-order valence-electron chi connectivity index (χ3n) is 5.56. The van der Waals surface area contributed by atoms with Gasteiger partial charge in [0, 0.05) is 37.4 Å². The molecule has 2 saturated heterocycles. The molecule has 0 saturated carbocycles. The molecular formula is C21H23FN6O2. The van der Waals surface area contributed by atoms with Gasteiger partial charge in [0.25, 0.3) is 0 Å². The first-order valence-corrected chi connectivity index (χ1v) is 10.2. The molecule has 9 heteroatoms. The number of ether oxygens (including phenoxy) is 1. The molecule has 2 atom stereocenters. The number of nitrogens with zero attached hydrogens (tertiary/aromatic N) is 3. The predicted molar refractivity (Wildman–Crippen MR) is 111 cm³/mol. The van der Waals surface area contributed by atoms with Crippen LogP contribution in [0.2, 0.25) is 0 Å². The number of aromatic nitrogens is 3. The third-order valence-corrected chi connectivity index (χ3v) is 5.56. The maximum atomic E-state index is 13.3. The van der Waals surface area contributed by atoms with Crippen LogP contribution >= 0.6 is 0 Å². The Balaban J connectivity index is 1.47. The monoisotopic (exact) mass is 410 g/mol. The zero-order valence-electron chi connectivity index (χ0n) is 16.4. The van der Waals surface area contributed by atoms with Gasteiger partial charge in [-0.2, -0.15) is 0 Å². The predicted octanol–water partition coefficient (Wildman–Crippen LogP) is 2.97. The Hall–Kier alpha value is -3.20. The van der Waals surface area contributed by atoms with Crippen LogP contribution in [0.25, 0.3) is 11.0 Å². The number of carbonyl (C=O) groups excluding carboxylic acids is 1. The Morgan fingerprint density at radius 3 is 2.83 bits per heavy atom. The summed E-state index contributed by atoms with van der Waals surface area (Å²) in [6.45, 7) is 1.91. The molecule has 0 radical (unpaired) electrons. The summed E-state index contributed by atoms with van der Waals surface area (Å²) in [7, 11) is 0. The zero-order valence-corrected chi connectivity index (χ0v) is 16.4. The fraction of sp³-hybridized carbons (Fsp3) is 0.381. The molecule has 2 aromatic heterocycles. The van der Waals surface area contributed by atoms with E-state index in [0.29, 0.717) is 32.1 Å². The van der Waals surface area contributed by atoms with Crippen molar-refractivity contribution in [1.82, 2.24) is 19.9 Å². The van der Waals surface area contributed by atoms with E-state index >= 15 is 0 Å². The number of imidazole rings is 1. The number of anilines is 3. The molecule has 0 aliphatic carbocycles. The van der Waals surface area contributed by atoms with Crippen LogP contribution in [0.5, 0.6) is 0 Å². The van der Waals surface area contributed by atoms with Gasteiger partial charge in [-0.15, -0.1) is 0 Å². The third kappa shape index (κ3) is 3.80. The summed E-state index contributed by atoms with van der Waals surface area (Å²) < 4.78 is 21.0. The van der Waals surface area contributed by atoms with E-state index in [0.717, 1.165) is 35.4 Å². The van der Waals surface area contributed by atoms with Crippen molar-refractivity contribution in [3.05, 3.63) is 42.3 Å². The molecule has 1 amide bonds. The lowest BCUT2D eigenvalue weighted by Crippen LogP contribution is -2.42. The summed E-state index contributed by atoms with van der Waals surface area (Å²) >= 11 is 0. The number of hydrogen-bond donors (Lipinski definition) is 3. The van der Waals surface area contributed by atoms with Gasteiger partial charge >= 0.3 is 0 Å². The van der Waals surface area contributed by atoms with Crippen molar-refractivity contribution in [2.75, 3.05) is 30.4 Å². The largest absolute Gasteiger partial charge is 0.379 e. The number of fused-ring (bicyclic) bond motifs is 1. The molecule has 2 fully saturated rings. The van der Waals surface area contributed by atoms with Crippen molar-refractivity contribution in [2.45, 2.75) is 31.3 Å². The van der Waals surface area contributed by atoms with Crippen LogP contribution in [0.1, 0.15) is 25.3 Å². The average Bonchev–Trinajstić information content (AvgIpc) is 3.38. The van der Waals surface area contributed by atoms with Gasteiger partial charge in [-0.3, -0.25) is 4.79 Å². The number of hydrogen-bond acceptors (Lipinski definition) is 6. The molecule has 3 aromatic rings. The Kier molecular flexibility index (Phi) is 4.96. The molecule has 2 aliphatic heterocycles. The molecular weight excluding hydrogens is 387 g/mol. The van der Waals surface area contributed by atoms with E-state index in [1.165, 1.54) is 12.1 Å². The topological polar surface area (TPSA) is 93.1 Å². The Morgan fingerprint density at radius 1 is 1.23 bits per heavy atom. The number of pyridine rings is 1. The highest BCUT2D eigenvalue weighted by Crippen LogP contribution is 2.32. The minimum absolute atomic E-state index is 0.0901. The number of nitrogens with one attached hydrogen (secondary N) is 3. The van der Waals surface area contributed by atoms with Crippen LogP contribution in [0.3, 0.4) is 0 Å². The van der Waals surface area contributed by atoms with Crippen molar-refractivity contribution < 1.29 is 13.9 Å². The molecule has 3 N–H and O–H groups in total. The van der Waals surface area contributed by atoms with Gasteiger partial charge in [0.1, 0.15) is 17.2 Å². The van der Waals surface area contributed by atoms with Crippen molar-refractivity contribution in [3.8, 4) is 0 Å². The number of benzene rings is 1. The first-order valence-electron chi connectivity index (χ1n) is 10.2. The number of rotatable bonds is 5. The second-order valence-electron chi connectivity index (χ2n) is 7.70. The Labute approximate surface area is 172 Å². The first kappa shape index (κ1) is 18.8. The van der Waals surface area contributed by atoms with Gasteiger partial charge in [-0.25, -0.2) is 14.4 Å². The smallest absolute Gasteiger partial charge is 0.220 e. The molecule has 0 spiro atoms. The van der Waals surface area contributed by atoms with Gasteiger partial charge in [0.2, 0.25) is 11.9 Å². The molecule has 0 bridgehead atoms. The van der Waals surface area contributed by atoms with E-state index in [2.05, 4.69) is 25.5 Å². The molecule has 8 nitrogen and oxygen atoms in total. The van der Waals surface area contributed by atoms with E-state index in [1.807, 2.05) is 6.07 Å². The second kappa shape index (κ2) is 7.91. The van der Waals surface area contributed by atoms with Crippen LogP contribution in [-0.4, -0.2) is 46.2 Å². The van der Waals surface area contributed by atoms with E-state index in [4.69, 9.17) is 9.72 Å². The van der Waals surface area contributed by atoms with Crippen molar-refractivity contribution in [3.63, 3.8) is 0 Å². The normalized spacial score (nSPS) is 21.6. The Bertz CT molecular complexity index is 1050. The zero-order chi connectivity index (χ0) is 20.5. The van der Waals surface area contributed by atoms with Crippen molar-refractivity contribution >= 4 is 34.4 Å². The van der Waals surface area contributed by atoms with Gasteiger partial charge in [0.05, 0.1) is 24.4 Å². The average molecular weight is 410 g/mol. The summed E-state index contributed by atoms with van der Waals surface area (Å²) in [5, 5.41) is 9.60. The van der Waals surface area contributed by atoms with Crippen LogP contribution in [0.4, 0.5) is 21.8 Å². The number of piperidine rings is 1. The molecule has 156 valence electrons. The second-order valence-corrected chi connectivity index (χ2v) is 7.70. The lowest BCUT2D eigenvalue weighted by atomic mass is 10.1. The molecule has 1 unspecified atom stereocenters. The Morgan fingerprint density at radius 2 is 2.10 bits per heavy atom. The van der Waals surface area contributed by atoms with Gasteiger partial charge in [0.15, 0.2) is 0 Å². The molecule has 2 aliphatic rings. The minimum Gasteiger partial charge on any atom is -0.379 e. The summed E-state index contributed by atoms with van der Waals surface area (Å²) in [5.74, 6) is 1.23. The first-order chi connectivity index (χ1) is 14.7. The summed E-state index contributed by atoms with van der Waals surface area (Å²) in [5.41, 5.74) is 2.48. The molecule has 1 aromatic carbocycles. The fourth-order valence-corrected chi connectivity index (χ4v) is 3.99. The summed E-state index contributed by atoms with van der Waals surface area (Å²) in [6, 6.07) is 8.51. The molecule has 4 heterocycles. The van der Waals surface area contributed by atoms with Crippen LogP contribution < -0.4 is 16.0 Å². The fourth-order valence-electron chi connectivity index (χ4n) is 3.99. The van der Waals surface area contributed by atoms with Crippen LogP contribution in [0.15, 0.2) is 36.5 Å². The van der Waals surface area contributed by atoms with E-state index < -0.39 is 0 Å². The number of amides is 1. The van der Waals surface area contributed by atoms with Gasteiger partial charge in [-0.05, 0) is 37.1 Å².